The van der Waals surface area contributed by atoms with Crippen LogP contribution in [0.2, 0.25) is 0 Å². The molecule has 1 saturated heterocycles. The maximum absolute atomic E-state index is 11.6. The maximum atomic E-state index is 11.6. The van der Waals surface area contributed by atoms with E-state index in [1.807, 2.05) is 0 Å². The number of aliphatic carboxylic acids is 1. The lowest BCUT2D eigenvalue weighted by Crippen LogP contribution is -2.38. The second-order valence-electron chi connectivity index (χ2n) is 4.53. The number of carbonyl (C=O) groups excluding carboxylic acids is 2. The van der Waals surface area contributed by atoms with E-state index in [-0.39, 0.29) is 24.8 Å². The standard InChI is InChI=1S/C14H15NO5S/c1-20-14(19)11-6-4-9(21-11)3-2-8-15-10(13(17)18)5-7-12(15)16/h2-4,6,10H,5,7-8H2,1H3,(H,17,18)/b3-2-. The summed E-state index contributed by atoms with van der Waals surface area (Å²) in [4.78, 5) is 36.7. The van der Waals surface area contributed by atoms with Gasteiger partial charge in [0.1, 0.15) is 10.9 Å². The Hall–Kier alpha value is -2.15. The molecule has 0 aromatic carbocycles. The van der Waals surface area contributed by atoms with Crippen molar-refractivity contribution in [2.24, 2.45) is 0 Å². The summed E-state index contributed by atoms with van der Waals surface area (Å²) in [6.07, 6.45) is 4.12. The molecule has 0 spiro atoms. The van der Waals surface area contributed by atoms with Crippen LogP contribution >= 0.6 is 11.3 Å². The first-order valence-electron chi connectivity index (χ1n) is 6.40. The third-order valence-electron chi connectivity index (χ3n) is 3.21. The summed E-state index contributed by atoms with van der Waals surface area (Å²) in [5.74, 6) is -1.51. The molecule has 1 aromatic rings. The van der Waals surface area contributed by atoms with E-state index < -0.39 is 12.0 Å². The second kappa shape index (κ2) is 6.53. The Bertz CT molecular complexity index is 592. The first kappa shape index (κ1) is 15.2. The molecule has 21 heavy (non-hydrogen) atoms. The van der Waals surface area contributed by atoms with Gasteiger partial charge in [-0.25, -0.2) is 9.59 Å². The van der Waals surface area contributed by atoms with Crippen molar-refractivity contribution in [3.63, 3.8) is 0 Å². The van der Waals surface area contributed by atoms with Gasteiger partial charge in [0, 0.05) is 17.8 Å². The largest absolute Gasteiger partial charge is 0.480 e. The van der Waals surface area contributed by atoms with Crippen molar-refractivity contribution in [3.8, 4) is 0 Å². The fraction of sp³-hybridized carbons (Fsp3) is 0.357. The minimum Gasteiger partial charge on any atom is -0.480 e. The van der Waals surface area contributed by atoms with Crippen molar-refractivity contribution in [1.82, 2.24) is 4.90 Å². The van der Waals surface area contributed by atoms with Crippen LogP contribution in [0.25, 0.3) is 6.08 Å². The molecule has 1 aliphatic heterocycles. The van der Waals surface area contributed by atoms with Crippen LogP contribution in [0.5, 0.6) is 0 Å². The molecule has 1 N–H and O–H groups in total. The van der Waals surface area contributed by atoms with E-state index in [1.54, 1.807) is 24.3 Å². The summed E-state index contributed by atoms with van der Waals surface area (Å²) < 4.78 is 4.62. The fourth-order valence-electron chi connectivity index (χ4n) is 2.15. The number of hydrogen-bond donors (Lipinski definition) is 1. The Balaban J connectivity index is 1.98. The highest BCUT2D eigenvalue weighted by Crippen LogP contribution is 2.21. The molecule has 1 aliphatic rings. The van der Waals surface area contributed by atoms with Gasteiger partial charge in [-0.2, -0.15) is 0 Å². The first-order valence-corrected chi connectivity index (χ1v) is 7.21. The molecule has 2 heterocycles. The Morgan fingerprint density at radius 2 is 2.29 bits per heavy atom. The minimum absolute atomic E-state index is 0.145. The number of carbonyl (C=O) groups is 3. The molecule has 0 aliphatic carbocycles. The summed E-state index contributed by atoms with van der Waals surface area (Å²) in [6, 6.07) is 2.70. The minimum atomic E-state index is -0.974. The molecule has 2 rings (SSSR count). The smallest absolute Gasteiger partial charge is 0.348 e. The molecule has 1 unspecified atom stereocenters. The van der Waals surface area contributed by atoms with Gasteiger partial charge in [-0.1, -0.05) is 6.08 Å². The molecule has 112 valence electrons. The Labute approximate surface area is 125 Å². The van der Waals surface area contributed by atoms with E-state index in [1.165, 1.54) is 23.3 Å². The number of esters is 1. The summed E-state index contributed by atoms with van der Waals surface area (Å²) >= 11 is 1.27. The monoisotopic (exact) mass is 309 g/mol. The number of thiophene rings is 1. The van der Waals surface area contributed by atoms with Crippen molar-refractivity contribution in [3.05, 3.63) is 28.0 Å². The van der Waals surface area contributed by atoms with Crippen molar-refractivity contribution >= 4 is 35.3 Å². The van der Waals surface area contributed by atoms with E-state index in [9.17, 15) is 14.4 Å². The molecule has 0 bridgehead atoms. The highest BCUT2D eigenvalue weighted by Gasteiger charge is 2.34. The SMILES string of the molecule is COC(=O)c1ccc(/C=C\CN2C(=O)CCC2C(=O)O)s1. The predicted octanol–water partition coefficient (Wildman–Crippen LogP) is 1.62. The number of ether oxygens (including phenoxy) is 1. The zero-order valence-electron chi connectivity index (χ0n) is 11.4. The normalized spacial score (nSPS) is 18.4. The summed E-state index contributed by atoms with van der Waals surface area (Å²) in [7, 11) is 1.32. The number of hydrogen-bond acceptors (Lipinski definition) is 5. The number of nitrogens with zero attached hydrogens (tertiary/aromatic N) is 1. The van der Waals surface area contributed by atoms with Crippen molar-refractivity contribution in [2.45, 2.75) is 18.9 Å². The lowest BCUT2D eigenvalue weighted by molar-refractivity contribution is -0.145. The number of methoxy groups -OCH3 is 1. The van der Waals surface area contributed by atoms with E-state index >= 15 is 0 Å². The van der Waals surface area contributed by atoms with Gasteiger partial charge in [0.25, 0.3) is 0 Å². The average Bonchev–Trinajstić information content (AvgIpc) is 3.06. The van der Waals surface area contributed by atoms with E-state index in [0.29, 0.717) is 11.3 Å². The second-order valence-corrected chi connectivity index (χ2v) is 5.65. The number of carboxylic acids is 1. The van der Waals surface area contributed by atoms with Gasteiger partial charge in [0.15, 0.2) is 0 Å². The molecular weight excluding hydrogens is 294 g/mol. The van der Waals surface area contributed by atoms with Gasteiger partial charge >= 0.3 is 11.9 Å². The van der Waals surface area contributed by atoms with E-state index in [0.717, 1.165) is 4.88 Å². The van der Waals surface area contributed by atoms with Gasteiger partial charge in [-0.3, -0.25) is 4.79 Å². The van der Waals surface area contributed by atoms with Crippen LogP contribution in [-0.2, 0) is 14.3 Å². The molecule has 0 saturated carbocycles. The summed E-state index contributed by atoms with van der Waals surface area (Å²) in [5.41, 5.74) is 0. The lowest BCUT2D eigenvalue weighted by Gasteiger charge is -2.19. The third-order valence-corrected chi connectivity index (χ3v) is 4.24. The summed E-state index contributed by atoms with van der Waals surface area (Å²) in [5, 5.41) is 9.04. The molecule has 7 heteroatoms. The fourth-order valence-corrected chi connectivity index (χ4v) is 3.01. The van der Waals surface area contributed by atoms with Crippen LogP contribution in [0.15, 0.2) is 18.2 Å². The van der Waals surface area contributed by atoms with Gasteiger partial charge in [-0.15, -0.1) is 11.3 Å². The third kappa shape index (κ3) is 3.49. The van der Waals surface area contributed by atoms with Gasteiger partial charge in [-0.05, 0) is 24.6 Å². The topological polar surface area (TPSA) is 83.9 Å². The van der Waals surface area contributed by atoms with E-state index in [4.69, 9.17) is 5.11 Å². The van der Waals surface area contributed by atoms with Crippen LogP contribution in [0.4, 0.5) is 0 Å². The van der Waals surface area contributed by atoms with Crippen LogP contribution in [0, 0.1) is 0 Å². The maximum Gasteiger partial charge on any atom is 0.348 e. The van der Waals surface area contributed by atoms with Crippen LogP contribution in [0.3, 0.4) is 0 Å². The number of amides is 1. The molecule has 1 fully saturated rings. The number of rotatable bonds is 5. The Morgan fingerprint density at radius 3 is 2.95 bits per heavy atom. The number of carboxylic acid groups (broad SMARTS) is 1. The van der Waals surface area contributed by atoms with Crippen molar-refractivity contribution in [1.29, 1.82) is 0 Å². The average molecular weight is 309 g/mol. The quantitative estimate of drug-likeness (QED) is 0.836. The van der Waals surface area contributed by atoms with Crippen molar-refractivity contribution in [2.75, 3.05) is 13.7 Å². The predicted molar refractivity (Wildman–Crippen MR) is 77.1 cm³/mol. The van der Waals surface area contributed by atoms with Crippen LogP contribution in [-0.4, -0.2) is 47.5 Å². The number of likely N-dealkylation sites (tertiary alicyclic amines) is 1. The molecular formula is C14H15NO5S. The van der Waals surface area contributed by atoms with Crippen LogP contribution < -0.4 is 0 Å². The highest BCUT2D eigenvalue weighted by atomic mass is 32.1. The molecule has 6 nitrogen and oxygen atoms in total. The molecule has 1 atom stereocenters. The molecule has 0 radical (unpaired) electrons. The first-order chi connectivity index (χ1) is 10.0. The Morgan fingerprint density at radius 1 is 1.52 bits per heavy atom. The van der Waals surface area contributed by atoms with Crippen LogP contribution in [0.1, 0.15) is 27.4 Å². The molecule has 1 aromatic heterocycles. The Kier molecular flexibility index (Phi) is 4.74. The van der Waals surface area contributed by atoms with Gasteiger partial charge in [0.05, 0.1) is 7.11 Å². The van der Waals surface area contributed by atoms with Gasteiger partial charge < -0.3 is 14.7 Å². The zero-order chi connectivity index (χ0) is 15.4. The summed E-state index contributed by atoms with van der Waals surface area (Å²) in [6.45, 7) is 0.251. The highest BCUT2D eigenvalue weighted by molar-refractivity contribution is 7.14. The van der Waals surface area contributed by atoms with Crippen molar-refractivity contribution < 1.29 is 24.2 Å². The molecule has 1 amide bonds. The van der Waals surface area contributed by atoms with Gasteiger partial charge in [0.2, 0.25) is 5.91 Å². The van der Waals surface area contributed by atoms with E-state index in [2.05, 4.69) is 4.74 Å². The zero-order valence-corrected chi connectivity index (χ0v) is 12.3. The lowest BCUT2D eigenvalue weighted by atomic mass is 10.2.